The summed E-state index contributed by atoms with van der Waals surface area (Å²) in [6.07, 6.45) is 4.60. The minimum Gasteiger partial charge on any atom is -0.481 e. The highest BCUT2D eigenvalue weighted by Crippen LogP contribution is 2.40. The van der Waals surface area contributed by atoms with E-state index in [0.717, 1.165) is 38.8 Å². The maximum absolute atomic E-state index is 12.2. The fraction of sp³-hybridized carbons (Fsp3) is 0.857. The van der Waals surface area contributed by atoms with Gasteiger partial charge in [-0.25, -0.2) is 0 Å². The average molecular weight is 269 g/mol. The van der Waals surface area contributed by atoms with Crippen LogP contribution in [0.2, 0.25) is 0 Å². The van der Waals surface area contributed by atoms with Gasteiger partial charge in [-0.05, 0) is 32.1 Å². The van der Waals surface area contributed by atoms with Gasteiger partial charge in [0.05, 0.1) is 17.9 Å². The molecule has 2 rings (SSSR count). The van der Waals surface area contributed by atoms with Crippen LogP contribution in [0.1, 0.15) is 39.0 Å². The van der Waals surface area contributed by atoms with Gasteiger partial charge >= 0.3 is 5.97 Å². The maximum atomic E-state index is 12.2. The molecule has 0 radical (unpaired) electrons. The minimum absolute atomic E-state index is 0.0311. The van der Waals surface area contributed by atoms with Crippen molar-refractivity contribution >= 4 is 11.9 Å². The van der Waals surface area contributed by atoms with Crippen LogP contribution in [-0.4, -0.2) is 47.7 Å². The molecule has 1 N–H and O–H groups in total. The Bertz CT molecular complexity index is 344. The minimum atomic E-state index is -0.836. The normalized spacial score (nSPS) is 30.8. The van der Waals surface area contributed by atoms with Gasteiger partial charge < -0.3 is 14.7 Å². The van der Waals surface area contributed by atoms with Crippen LogP contribution in [0.15, 0.2) is 0 Å². The van der Waals surface area contributed by atoms with Gasteiger partial charge in [-0.15, -0.1) is 0 Å². The summed E-state index contributed by atoms with van der Waals surface area (Å²) in [6.45, 7) is 4.32. The number of carbonyl (C=O) groups excluding carboxylic acids is 1. The Kier molecular flexibility index (Phi) is 4.80. The van der Waals surface area contributed by atoms with Crippen LogP contribution in [0, 0.1) is 11.8 Å². The lowest BCUT2D eigenvalue weighted by molar-refractivity contribution is -0.142. The molecule has 0 bridgehead atoms. The largest absolute Gasteiger partial charge is 0.481 e. The molecule has 2 fully saturated rings. The van der Waals surface area contributed by atoms with Crippen LogP contribution in [0.25, 0.3) is 0 Å². The maximum Gasteiger partial charge on any atom is 0.307 e. The first kappa shape index (κ1) is 14.3. The van der Waals surface area contributed by atoms with Gasteiger partial charge in [-0.2, -0.15) is 0 Å². The third-order valence-electron chi connectivity index (χ3n) is 3.97. The summed E-state index contributed by atoms with van der Waals surface area (Å²) in [5, 5.41) is 8.87. The Hall–Kier alpha value is -1.10. The molecule has 1 heterocycles. The number of ether oxygens (including phenoxy) is 1. The average Bonchev–Trinajstić information content (AvgIpc) is 3.19. The first-order valence-electron chi connectivity index (χ1n) is 7.26. The van der Waals surface area contributed by atoms with Crippen LogP contribution >= 0.6 is 0 Å². The second kappa shape index (κ2) is 6.37. The van der Waals surface area contributed by atoms with Crippen molar-refractivity contribution in [2.24, 2.45) is 11.8 Å². The number of rotatable bonds is 5. The number of amides is 1. The Balaban J connectivity index is 1.79. The lowest BCUT2D eigenvalue weighted by Crippen LogP contribution is -2.34. The summed E-state index contributed by atoms with van der Waals surface area (Å²) in [5.74, 6) is -1.52. The molecule has 1 aliphatic carbocycles. The van der Waals surface area contributed by atoms with E-state index in [4.69, 9.17) is 9.84 Å². The van der Waals surface area contributed by atoms with Gasteiger partial charge in [0.25, 0.3) is 0 Å². The van der Waals surface area contributed by atoms with E-state index in [9.17, 15) is 9.59 Å². The van der Waals surface area contributed by atoms with Crippen molar-refractivity contribution < 1.29 is 19.4 Å². The van der Waals surface area contributed by atoms with Crippen molar-refractivity contribution in [2.45, 2.75) is 45.1 Å². The summed E-state index contributed by atoms with van der Waals surface area (Å²) in [7, 11) is 0. The lowest BCUT2D eigenvalue weighted by Gasteiger charge is -2.20. The molecular formula is C14H23NO4. The third-order valence-corrected chi connectivity index (χ3v) is 3.97. The number of aliphatic carboxylic acids is 1. The predicted molar refractivity (Wildman–Crippen MR) is 69.7 cm³/mol. The van der Waals surface area contributed by atoms with E-state index in [-0.39, 0.29) is 17.9 Å². The van der Waals surface area contributed by atoms with Crippen molar-refractivity contribution in [2.75, 3.05) is 19.7 Å². The number of carboxylic acids is 1. The third kappa shape index (κ3) is 3.69. The molecule has 3 atom stereocenters. The predicted octanol–water partition coefficient (Wildman–Crippen LogP) is 1.51. The molecule has 19 heavy (non-hydrogen) atoms. The Labute approximate surface area is 113 Å². The summed E-state index contributed by atoms with van der Waals surface area (Å²) in [4.78, 5) is 24.8. The Morgan fingerprint density at radius 2 is 2.05 bits per heavy atom. The van der Waals surface area contributed by atoms with Crippen LogP contribution in [-0.2, 0) is 14.3 Å². The van der Waals surface area contributed by atoms with E-state index in [2.05, 4.69) is 6.92 Å². The molecule has 0 aromatic carbocycles. The van der Waals surface area contributed by atoms with E-state index >= 15 is 0 Å². The van der Waals surface area contributed by atoms with Gasteiger partial charge in [-0.1, -0.05) is 6.92 Å². The van der Waals surface area contributed by atoms with E-state index in [1.807, 2.05) is 4.90 Å². The van der Waals surface area contributed by atoms with E-state index in [1.165, 1.54) is 0 Å². The molecular weight excluding hydrogens is 246 g/mol. The molecule has 1 amide bonds. The van der Waals surface area contributed by atoms with Gasteiger partial charge in [0.2, 0.25) is 5.91 Å². The quantitative estimate of drug-likeness (QED) is 0.821. The smallest absolute Gasteiger partial charge is 0.307 e. The summed E-state index contributed by atoms with van der Waals surface area (Å²) in [6, 6.07) is 0. The fourth-order valence-electron chi connectivity index (χ4n) is 2.71. The van der Waals surface area contributed by atoms with E-state index in [1.54, 1.807) is 0 Å². The second-order valence-electron chi connectivity index (χ2n) is 5.54. The molecule has 108 valence electrons. The standard InChI is InChI=1S/C14H23NO4/c1-2-8-19-10-4-3-6-15(7-5-10)13(16)11-9-12(11)14(17)18/h10-12H,2-9H2,1H3,(H,17,18). The Morgan fingerprint density at radius 3 is 2.68 bits per heavy atom. The van der Waals surface area contributed by atoms with Crippen molar-refractivity contribution in [3.63, 3.8) is 0 Å². The number of hydrogen-bond acceptors (Lipinski definition) is 3. The summed E-state index contributed by atoms with van der Waals surface area (Å²) < 4.78 is 5.74. The molecule has 5 heteroatoms. The SMILES string of the molecule is CCCOC1CCCN(C(=O)C2CC2C(=O)O)CC1. The molecule has 3 unspecified atom stereocenters. The molecule has 1 saturated carbocycles. The molecule has 1 saturated heterocycles. The monoisotopic (exact) mass is 269 g/mol. The molecule has 0 aromatic rings. The second-order valence-corrected chi connectivity index (χ2v) is 5.54. The van der Waals surface area contributed by atoms with Crippen LogP contribution in [0.3, 0.4) is 0 Å². The number of carbonyl (C=O) groups is 2. The zero-order valence-electron chi connectivity index (χ0n) is 11.5. The van der Waals surface area contributed by atoms with Crippen molar-refractivity contribution in [1.29, 1.82) is 0 Å². The highest BCUT2D eigenvalue weighted by Gasteiger charge is 2.49. The molecule has 2 aliphatic rings. The van der Waals surface area contributed by atoms with Crippen LogP contribution < -0.4 is 0 Å². The zero-order valence-corrected chi connectivity index (χ0v) is 11.5. The number of nitrogens with zero attached hydrogens (tertiary/aromatic N) is 1. The molecule has 1 aliphatic heterocycles. The van der Waals surface area contributed by atoms with Crippen LogP contribution in [0.5, 0.6) is 0 Å². The fourth-order valence-corrected chi connectivity index (χ4v) is 2.71. The summed E-state index contributed by atoms with van der Waals surface area (Å²) in [5.41, 5.74) is 0. The Morgan fingerprint density at radius 1 is 1.26 bits per heavy atom. The first-order valence-corrected chi connectivity index (χ1v) is 7.26. The van der Waals surface area contributed by atoms with Gasteiger partial charge in [0.1, 0.15) is 0 Å². The van der Waals surface area contributed by atoms with Crippen molar-refractivity contribution in [1.82, 2.24) is 4.90 Å². The van der Waals surface area contributed by atoms with E-state index < -0.39 is 11.9 Å². The van der Waals surface area contributed by atoms with Crippen LogP contribution in [0.4, 0.5) is 0 Å². The van der Waals surface area contributed by atoms with Gasteiger partial charge in [0.15, 0.2) is 0 Å². The van der Waals surface area contributed by atoms with Crippen molar-refractivity contribution in [3.05, 3.63) is 0 Å². The number of likely N-dealkylation sites (tertiary alicyclic amines) is 1. The number of hydrogen-bond donors (Lipinski definition) is 1. The van der Waals surface area contributed by atoms with Gasteiger partial charge in [0, 0.05) is 19.7 Å². The summed E-state index contributed by atoms with van der Waals surface area (Å²) >= 11 is 0. The zero-order chi connectivity index (χ0) is 13.8. The first-order chi connectivity index (χ1) is 9.13. The number of carboxylic acid groups (broad SMARTS) is 1. The molecule has 0 aromatic heterocycles. The molecule has 5 nitrogen and oxygen atoms in total. The highest BCUT2D eigenvalue weighted by atomic mass is 16.5. The molecule has 0 spiro atoms. The highest BCUT2D eigenvalue weighted by molar-refractivity contribution is 5.89. The topological polar surface area (TPSA) is 66.8 Å². The van der Waals surface area contributed by atoms with Gasteiger partial charge in [-0.3, -0.25) is 9.59 Å². The lowest BCUT2D eigenvalue weighted by atomic mass is 10.2. The van der Waals surface area contributed by atoms with Crippen molar-refractivity contribution in [3.8, 4) is 0 Å². The van der Waals surface area contributed by atoms with E-state index in [0.29, 0.717) is 13.0 Å².